The lowest BCUT2D eigenvalue weighted by Crippen LogP contribution is -2.26. The van der Waals surface area contributed by atoms with Crippen LogP contribution in [0.15, 0.2) is 45.7 Å². The van der Waals surface area contributed by atoms with Crippen molar-refractivity contribution in [3.63, 3.8) is 0 Å². The van der Waals surface area contributed by atoms with Crippen molar-refractivity contribution < 1.29 is 17.6 Å². The molecule has 0 atom stereocenters. The second-order valence-electron chi connectivity index (χ2n) is 5.06. The van der Waals surface area contributed by atoms with Crippen molar-refractivity contribution in [2.24, 2.45) is 5.10 Å². The van der Waals surface area contributed by atoms with Gasteiger partial charge in [-0.15, -0.1) is 11.3 Å². The van der Waals surface area contributed by atoms with Crippen LogP contribution in [-0.4, -0.2) is 25.8 Å². The van der Waals surface area contributed by atoms with Gasteiger partial charge < -0.3 is 0 Å². The highest BCUT2D eigenvalue weighted by Crippen LogP contribution is 2.26. The van der Waals surface area contributed by atoms with Crippen molar-refractivity contribution in [3.8, 4) is 0 Å². The number of hydrogen-bond acceptors (Lipinski definition) is 5. The average Bonchev–Trinajstić information content (AvgIpc) is 2.99. The summed E-state index contributed by atoms with van der Waals surface area (Å²) in [6.45, 7) is 0. The molecule has 23 heavy (non-hydrogen) atoms. The Kier molecular flexibility index (Phi) is 4.27. The van der Waals surface area contributed by atoms with Gasteiger partial charge in [-0.3, -0.25) is 4.79 Å². The van der Waals surface area contributed by atoms with Crippen LogP contribution in [0.1, 0.15) is 16.9 Å². The number of carbonyl (C=O) groups excluding carboxylic acids is 1. The molecule has 1 aromatic heterocycles. The summed E-state index contributed by atoms with van der Waals surface area (Å²) in [5, 5.41) is 5.88. The van der Waals surface area contributed by atoms with Crippen LogP contribution in [0, 0.1) is 5.82 Å². The quantitative estimate of drug-likeness (QED) is 0.679. The molecule has 1 aliphatic rings. The minimum Gasteiger partial charge on any atom is -0.273 e. The van der Waals surface area contributed by atoms with Crippen LogP contribution in [0.25, 0.3) is 0 Å². The highest BCUT2D eigenvalue weighted by molar-refractivity contribution is 7.91. The number of hydrogen-bond donors (Lipinski definition) is 1. The second-order valence-corrected chi connectivity index (χ2v) is 8.17. The van der Waals surface area contributed by atoms with E-state index in [0.717, 1.165) is 17.0 Å². The molecule has 1 N–H and O–H groups in total. The summed E-state index contributed by atoms with van der Waals surface area (Å²) in [5.41, 5.74) is 3.00. The molecule has 120 valence electrons. The number of hydrazone groups is 1. The molecule has 1 aliphatic heterocycles. The fraction of sp³-hybridized carbons (Fsp3) is 0.200. The molecule has 0 saturated carbocycles. The van der Waals surface area contributed by atoms with Crippen molar-refractivity contribution in [2.75, 3.05) is 5.75 Å². The number of sulfone groups is 1. The van der Waals surface area contributed by atoms with Gasteiger partial charge >= 0.3 is 0 Å². The van der Waals surface area contributed by atoms with Crippen LogP contribution < -0.4 is 5.43 Å². The van der Waals surface area contributed by atoms with E-state index in [-0.39, 0.29) is 35.0 Å². The molecule has 0 radical (unpaired) electrons. The first-order chi connectivity index (χ1) is 11.0. The summed E-state index contributed by atoms with van der Waals surface area (Å²) in [6.07, 6.45) is 0.334. The summed E-state index contributed by atoms with van der Waals surface area (Å²) in [4.78, 5) is 12.8. The van der Waals surface area contributed by atoms with Gasteiger partial charge in [0.05, 0.1) is 22.8 Å². The van der Waals surface area contributed by atoms with Crippen molar-refractivity contribution in [3.05, 3.63) is 52.0 Å². The Bertz CT molecular complexity index is 874. The van der Waals surface area contributed by atoms with Crippen LogP contribution in [0.2, 0.25) is 0 Å². The van der Waals surface area contributed by atoms with E-state index in [1.807, 2.05) is 17.5 Å². The van der Waals surface area contributed by atoms with Crippen LogP contribution >= 0.6 is 11.3 Å². The van der Waals surface area contributed by atoms with E-state index in [1.54, 1.807) is 0 Å². The number of rotatable bonds is 3. The predicted octanol–water partition coefficient (Wildman–Crippen LogP) is 2.13. The van der Waals surface area contributed by atoms with E-state index in [1.165, 1.54) is 17.4 Å². The molecule has 3 rings (SSSR count). The van der Waals surface area contributed by atoms with Crippen molar-refractivity contribution in [1.82, 2.24) is 5.43 Å². The number of halogens is 1. The van der Waals surface area contributed by atoms with Crippen LogP contribution in [0.4, 0.5) is 4.39 Å². The maximum atomic E-state index is 13.4. The largest absolute Gasteiger partial charge is 0.273 e. The molecule has 8 heteroatoms. The van der Waals surface area contributed by atoms with Gasteiger partial charge in [-0.2, -0.15) is 5.10 Å². The van der Waals surface area contributed by atoms with Gasteiger partial charge in [0.15, 0.2) is 9.84 Å². The lowest BCUT2D eigenvalue weighted by atomic mass is 10.1. The predicted molar refractivity (Wildman–Crippen MR) is 85.8 cm³/mol. The smallest absolute Gasteiger partial charge is 0.245 e. The zero-order valence-corrected chi connectivity index (χ0v) is 13.6. The fourth-order valence-corrected chi connectivity index (χ4v) is 4.50. The van der Waals surface area contributed by atoms with Crippen LogP contribution in [-0.2, 0) is 21.1 Å². The fourth-order valence-electron chi connectivity index (χ4n) is 2.33. The molecular weight excluding hydrogens is 339 g/mol. The number of benzene rings is 1. The normalized spacial score (nSPS) is 17.7. The maximum absolute atomic E-state index is 13.4. The highest BCUT2D eigenvalue weighted by Gasteiger charge is 2.28. The molecule has 0 bridgehead atoms. The van der Waals surface area contributed by atoms with Gasteiger partial charge in [0.2, 0.25) is 5.91 Å². The molecule has 0 aliphatic carbocycles. The summed E-state index contributed by atoms with van der Waals surface area (Å²) in [6, 6.07) is 7.17. The third-order valence-corrected chi connectivity index (χ3v) is 6.07. The third kappa shape index (κ3) is 3.48. The number of amides is 1. The molecule has 2 heterocycles. The van der Waals surface area contributed by atoms with Gasteiger partial charge in [0, 0.05) is 16.9 Å². The Morgan fingerprint density at radius 2 is 2.17 bits per heavy atom. The first kappa shape index (κ1) is 15.8. The number of nitrogens with one attached hydrogen (secondary N) is 1. The SMILES string of the molecule is O=C(Cc1cccs1)N/N=C1\CCS(=O)(=O)c2ccc(F)cc21. The Morgan fingerprint density at radius 1 is 1.35 bits per heavy atom. The minimum atomic E-state index is -3.43. The van der Waals surface area contributed by atoms with Crippen molar-refractivity contribution >= 4 is 32.8 Å². The number of fused-ring (bicyclic) bond motifs is 1. The van der Waals surface area contributed by atoms with E-state index < -0.39 is 15.7 Å². The first-order valence-corrected chi connectivity index (χ1v) is 9.39. The van der Waals surface area contributed by atoms with Gasteiger partial charge in [0.1, 0.15) is 5.82 Å². The third-order valence-electron chi connectivity index (χ3n) is 3.43. The van der Waals surface area contributed by atoms with Crippen LogP contribution in [0.5, 0.6) is 0 Å². The molecule has 0 saturated heterocycles. The number of nitrogens with zero attached hydrogens (tertiary/aromatic N) is 1. The summed E-state index contributed by atoms with van der Waals surface area (Å²) < 4.78 is 37.5. The van der Waals surface area contributed by atoms with Gasteiger partial charge in [-0.25, -0.2) is 18.2 Å². The Balaban J connectivity index is 1.83. The van der Waals surface area contributed by atoms with Gasteiger partial charge in [-0.1, -0.05) is 6.07 Å². The van der Waals surface area contributed by atoms with E-state index in [0.29, 0.717) is 5.71 Å². The molecule has 0 fully saturated rings. The zero-order chi connectivity index (χ0) is 16.4. The summed E-state index contributed by atoms with van der Waals surface area (Å²) in [7, 11) is -3.43. The second kappa shape index (κ2) is 6.21. The topological polar surface area (TPSA) is 75.6 Å². The molecule has 0 spiro atoms. The van der Waals surface area contributed by atoms with E-state index >= 15 is 0 Å². The Labute approximate surface area is 136 Å². The number of carbonyl (C=O) groups is 1. The summed E-state index contributed by atoms with van der Waals surface area (Å²) >= 11 is 1.46. The van der Waals surface area contributed by atoms with Gasteiger partial charge in [-0.05, 0) is 29.6 Å². The van der Waals surface area contributed by atoms with E-state index in [4.69, 9.17) is 0 Å². The molecule has 1 amide bonds. The lowest BCUT2D eigenvalue weighted by molar-refractivity contribution is -0.120. The molecule has 0 unspecified atom stereocenters. The Hall–Kier alpha value is -2.06. The van der Waals surface area contributed by atoms with E-state index in [2.05, 4.69) is 10.5 Å². The molecule has 1 aromatic carbocycles. The van der Waals surface area contributed by atoms with Gasteiger partial charge in [0.25, 0.3) is 0 Å². The first-order valence-electron chi connectivity index (χ1n) is 6.86. The Morgan fingerprint density at radius 3 is 2.91 bits per heavy atom. The van der Waals surface area contributed by atoms with Crippen molar-refractivity contribution in [1.29, 1.82) is 0 Å². The molecule has 5 nitrogen and oxygen atoms in total. The van der Waals surface area contributed by atoms with E-state index in [9.17, 15) is 17.6 Å². The molecule has 2 aromatic rings. The standard InChI is InChI=1S/C15H13FN2O3S2/c16-10-3-4-14-12(8-10)13(5-7-23(14,20)21)17-18-15(19)9-11-2-1-6-22-11/h1-4,6,8H,5,7,9H2,(H,18,19)/b17-13+. The zero-order valence-electron chi connectivity index (χ0n) is 12.0. The minimum absolute atomic E-state index is 0.0522. The highest BCUT2D eigenvalue weighted by atomic mass is 32.2. The van der Waals surface area contributed by atoms with Crippen LogP contribution in [0.3, 0.4) is 0 Å². The lowest BCUT2D eigenvalue weighted by Gasteiger charge is -2.18. The average molecular weight is 352 g/mol. The number of thiophene rings is 1. The summed E-state index contributed by atoms with van der Waals surface area (Å²) in [5.74, 6) is -0.949. The van der Waals surface area contributed by atoms with Crippen molar-refractivity contribution in [2.45, 2.75) is 17.7 Å². The maximum Gasteiger partial charge on any atom is 0.245 e. The molecular formula is C15H13FN2O3S2. The monoisotopic (exact) mass is 352 g/mol.